The Morgan fingerprint density at radius 2 is 1.94 bits per heavy atom. The number of ether oxygens (including phenoxy) is 1. The molecule has 1 rings (SSSR count). The maximum absolute atomic E-state index is 10.9. The van der Waals surface area contributed by atoms with Gasteiger partial charge in [-0.15, -0.1) is 0 Å². The van der Waals surface area contributed by atoms with Gasteiger partial charge >= 0.3 is 5.97 Å². The minimum Gasteiger partial charge on any atom is -0.410 e. The molecule has 1 heterocycles. The first-order valence-electron chi connectivity index (χ1n) is 6.05. The lowest BCUT2D eigenvalue weighted by Crippen LogP contribution is -2.20. The summed E-state index contributed by atoms with van der Waals surface area (Å²) in [6.07, 6.45) is 2.17. The van der Waals surface area contributed by atoms with Crippen LogP contribution in [0.2, 0.25) is 0 Å². The molecule has 1 aliphatic rings. The minimum atomic E-state index is -0.217. The molecule has 0 radical (unpaired) electrons. The van der Waals surface area contributed by atoms with E-state index >= 15 is 0 Å². The van der Waals surface area contributed by atoms with Gasteiger partial charge in [-0.05, 0) is 24.2 Å². The number of nitrogens with zero attached hydrogens (tertiary/aromatic N) is 1. The topological polar surface area (TPSA) is 38.7 Å². The molecule has 0 spiro atoms. The Balaban J connectivity index is 2.36. The molecule has 3 heteroatoms. The van der Waals surface area contributed by atoms with E-state index in [1.165, 1.54) is 0 Å². The van der Waals surface area contributed by atoms with Gasteiger partial charge in [0.05, 0.1) is 0 Å². The second kappa shape index (κ2) is 4.98. The fourth-order valence-electron chi connectivity index (χ4n) is 1.64. The summed E-state index contributed by atoms with van der Waals surface area (Å²) in [4.78, 5) is 15.0. The second-order valence-electron chi connectivity index (χ2n) is 5.87. The van der Waals surface area contributed by atoms with Crippen LogP contribution in [0.1, 0.15) is 47.5 Å². The number of hydrogen-bond acceptors (Lipinski definition) is 3. The van der Waals surface area contributed by atoms with Crippen molar-refractivity contribution in [2.45, 2.75) is 47.5 Å². The molecule has 3 nitrogen and oxygen atoms in total. The lowest BCUT2D eigenvalue weighted by molar-refractivity contribution is -0.132. The number of carbonyl (C=O) groups is 1. The maximum Gasteiger partial charge on any atom is 0.334 e. The number of cyclic esters (lactones) is 1. The maximum atomic E-state index is 10.9. The highest BCUT2D eigenvalue weighted by Crippen LogP contribution is 2.30. The second-order valence-corrected chi connectivity index (χ2v) is 5.87. The molecule has 2 atom stereocenters. The molecule has 0 aromatic carbocycles. The number of hydrogen-bond donors (Lipinski definition) is 0. The summed E-state index contributed by atoms with van der Waals surface area (Å²) in [5.74, 6) is 1.33. The molecule has 2 unspecified atom stereocenters. The lowest BCUT2D eigenvalue weighted by Gasteiger charge is -2.28. The van der Waals surface area contributed by atoms with Crippen LogP contribution in [-0.4, -0.2) is 18.4 Å². The van der Waals surface area contributed by atoms with Crippen LogP contribution in [0.4, 0.5) is 0 Å². The molecule has 0 saturated carbocycles. The zero-order valence-electron chi connectivity index (χ0n) is 11.0. The average molecular weight is 225 g/mol. The summed E-state index contributed by atoms with van der Waals surface area (Å²) in [5, 5.41) is 0. The summed E-state index contributed by atoms with van der Waals surface area (Å²) >= 11 is 0. The van der Waals surface area contributed by atoms with Crippen LogP contribution < -0.4 is 0 Å². The van der Waals surface area contributed by atoms with E-state index < -0.39 is 0 Å². The third-order valence-corrected chi connectivity index (χ3v) is 3.52. The number of aliphatic imine (C=N–C) groups is 1. The van der Waals surface area contributed by atoms with E-state index in [1.807, 2.05) is 0 Å². The molecule has 0 aliphatic carbocycles. The van der Waals surface area contributed by atoms with Crippen molar-refractivity contribution in [3.05, 3.63) is 0 Å². The smallest absolute Gasteiger partial charge is 0.334 e. The van der Waals surface area contributed by atoms with Gasteiger partial charge in [0.15, 0.2) is 5.90 Å². The van der Waals surface area contributed by atoms with Crippen LogP contribution in [-0.2, 0) is 9.53 Å². The number of rotatable bonds is 4. The van der Waals surface area contributed by atoms with Crippen molar-refractivity contribution >= 4 is 11.9 Å². The fourth-order valence-corrected chi connectivity index (χ4v) is 1.64. The summed E-state index contributed by atoms with van der Waals surface area (Å²) in [6.45, 7) is 11.3. The van der Waals surface area contributed by atoms with Crippen LogP contribution in [0.5, 0.6) is 0 Å². The van der Waals surface area contributed by atoms with E-state index in [4.69, 9.17) is 4.74 Å². The fraction of sp³-hybridized carbons (Fsp3) is 0.846. The van der Waals surface area contributed by atoms with Crippen molar-refractivity contribution < 1.29 is 9.53 Å². The predicted octanol–water partition coefficient (Wildman–Crippen LogP) is 3.04. The van der Waals surface area contributed by atoms with Crippen LogP contribution in [0.25, 0.3) is 0 Å². The van der Waals surface area contributed by atoms with Crippen molar-refractivity contribution in [2.24, 2.45) is 22.2 Å². The first-order valence-corrected chi connectivity index (χ1v) is 6.05. The van der Waals surface area contributed by atoms with Crippen LogP contribution in [0.3, 0.4) is 0 Å². The Morgan fingerprint density at radius 3 is 2.38 bits per heavy atom. The zero-order chi connectivity index (χ0) is 12.3. The summed E-state index contributed by atoms with van der Waals surface area (Å²) in [5.41, 5.74) is 0.341. The predicted molar refractivity (Wildman–Crippen MR) is 65.4 cm³/mol. The van der Waals surface area contributed by atoms with Crippen molar-refractivity contribution in [1.29, 1.82) is 0 Å². The molecule has 0 amide bonds. The highest BCUT2D eigenvalue weighted by Gasteiger charge is 2.25. The molecule has 1 aliphatic heterocycles. The molecular weight excluding hydrogens is 202 g/mol. The third kappa shape index (κ3) is 3.62. The summed E-state index contributed by atoms with van der Waals surface area (Å²) in [6, 6.07) is 0. The van der Waals surface area contributed by atoms with Gasteiger partial charge in [0.2, 0.25) is 0 Å². The van der Waals surface area contributed by atoms with Gasteiger partial charge < -0.3 is 4.74 Å². The highest BCUT2D eigenvalue weighted by atomic mass is 16.6. The standard InChI is InChI=1S/C13H23NO2/c1-9(12-14-8-11(15)16-12)6-7-10(2)13(3,4)5/h9-10H,6-8H2,1-5H3. The van der Waals surface area contributed by atoms with E-state index in [0.29, 0.717) is 17.2 Å². The van der Waals surface area contributed by atoms with Crippen molar-refractivity contribution in [3.8, 4) is 0 Å². The molecule has 0 aromatic rings. The van der Waals surface area contributed by atoms with E-state index in [2.05, 4.69) is 39.6 Å². The monoisotopic (exact) mass is 225 g/mol. The molecule has 0 N–H and O–H groups in total. The van der Waals surface area contributed by atoms with Crippen LogP contribution in [0, 0.1) is 17.3 Å². The summed E-state index contributed by atoms with van der Waals surface area (Å²) < 4.78 is 5.05. The highest BCUT2D eigenvalue weighted by molar-refractivity contribution is 5.96. The van der Waals surface area contributed by atoms with Gasteiger partial charge in [-0.25, -0.2) is 9.79 Å². The van der Waals surface area contributed by atoms with E-state index in [1.54, 1.807) is 0 Å². The summed E-state index contributed by atoms with van der Waals surface area (Å²) in [7, 11) is 0. The molecular formula is C13H23NO2. The van der Waals surface area contributed by atoms with E-state index in [0.717, 1.165) is 12.8 Å². The number of esters is 1. The van der Waals surface area contributed by atoms with E-state index in [9.17, 15) is 4.79 Å². The average Bonchev–Trinajstić information content (AvgIpc) is 2.59. The van der Waals surface area contributed by atoms with Crippen LogP contribution >= 0.6 is 0 Å². The molecule has 0 saturated heterocycles. The Labute approximate surface area is 98.3 Å². The molecule has 0 aromatic heterocycles. The van der Waals surface area contributed by atoms with Crippen molar-refractivity contribution in [3.63, 3.8) is 0 Å². The SMILES string of the molecule is CC(CCC(C)C(C)(C)C)C1=NCC(=O)O1. The lowest BCUT2D eigenvalue weighted by atomic mass is 9.78. The molecule has 16 heavy (non-hydrogen) atoms. The van der Waals surface area contributed by atoms with Gasteiger partial charge in [-0.3, -0.25) is 0 Å². The minimum absolute atomic E-state index is 0.203. The first-order chi connectivity index (χ1) is 7.30. The van der Waals surface area contributed by atoms with Crippen LogP contribution in [0.15, 0.2) is 4.99 Å². The van der Waals surface area contributed by atoms with Crippen molar-refractivity contribution in [1.82, 2.24) is 0 Å². The Bertz CT molecular complexity index is 289. The number of carbonyl (C=O) groups excluding carboxylic acids is 1. The van der Waals surface area contributed by atoms with Crippen molar-refractivity contribution in [2.75, 3.05) is 6.54 Å². The van der Waals surface area contributed by atoms with Gasteiger partial charge in [0, 0.05) is 5.92 Å². The molecule has 92 valence electrons. The van der Waals surface area contributed by atoms with Gasteiger partial charge in [0.25, 0.3) is 0 Å². The Morgan fingerprint density at radius 1 is 1.31 bits per heavy atom. The van der Waals surface area contributed by atoms with Gasteiger partial charge in [-0.2, -0.15) is 0 Å². The molecule has 0 fully saturated rings. The quantitative estimate of drug-likeness (QED) is 0.690. The first kappa shape index (κ1) is 13.2. The van der Waals surface area contributed by atoms with Gasteiger partial charge in [0.1, 0.15) is 6.54 Å². The zero-order valence-corrected chi connectivity index (χ0v) is 11.0. The van der Waals surface area contributed by atoms with Gasteiger partial charge in [-0.1, -0.05) is 34.6 Å². The Hall–Kier alpha value is -0.860. The Kier molecular flexibility index (Phi) is 4.11. The molecule has 0 bridgehead atoms. The third-order valence-electron chi connectivity index (χ3n) is 3.52. The largest absolute Gasteiger partial charge is 0.410 e. The van der Waals surface area contributed by atoms with E-state index in [-0.39, 0.29) is 18.4 Å². The normalized spacial score (nSPS) is 20.3.